The summed E-state index contributed by atoms with van der Waals surface area (Å²) in [5.74, 6) is 0.284. The Kier molecular flexibility index (Phi) is 7.47. The predicted molar refractivity (Wildman–Crippen MR) is 144 cm³/mol. The van der Waals surface area contributed by atoms with Crippen LogP contribution in [0, 0.1) is 0 Å². The van der Waals surface area contributed by atoms with Crippen LogP contribution >= 0.6 is 0 Å². The zero-order chi connectivity index (χ0) is 27.9. The minimum Gasteiger partial charge on any atom is -0.497 e. The summed E-state index contributed by atoms with van der Waals surface area (Å²) in [6.45, 7) is 9.98. The number of hydrogen-bond acceptors (Lipinski definition) is 12. The van der Waals surface area contributed by atoms with Gasteiger partial charge in [-0.05, 0) is 64.7 Å². The quantitative estimate of drug-likeness (QED) is 0.513. The molecule has 40 heavy (non-hydrogen) atoms. The molecule has 1 N–H and O–H groups in total. The van der Waals surface area contributed by atoms with Crippen molar-refractivity contribution in [2.45, 2.75) is 95.8 Å². The normalized spacial score (nSPS) is 30.4. The highest BCUT2D eigenvalue weighted by Gasteiger charge is 2.60. The first-order valence-corrected chi connectivity index (χ1v) is 14.1. The Morgan fingerprint density at radius 1 is 0.875 bits per heavy atom. The van der Waals surface area contributed by atoms with Crippen molar-refractivity contribution in [2.75, 3.05) is 37.0 Å². The lowest BCUT2D eigenvalue weighted by molar-refractivity contribution is -0.238. The second kappa shape index (κ2) is 10.9. The summed E-state index contributed by atoms with van der Waals surface area (Å²) >= 11 is 0. The van der Waals surface area contributed by atoms with E-state index in [2.05, 4.69) is 20.2 Å². The summed E-state index contributed by atoms with van der Waals surface area (Å²) < 4.78 is 42.3. The zero-order valence-corrected chi connectivity index (χ0v) is 23.8. The molecule has 4 aliphatic rings. The fourth-order valence-corrected chi connectivity index (χ4v) is 5.63. The van der Waals surface area contributed by atoms with Gasteiger partial charge in [0.15, 0.2) is 17.9 Å². The lowest BCUT2D eigenvalue weighted by Crippen LogP contribution is -2.56. The lowest BCUT2D eigenvalue weighted by Gasteiger charge is -2.36. The van der Waals surface area contributed by atoms with E-state index < -0.39 is 36.2 Å². The van der Waals surface area contributed by atoms with Gasteiger partial charge in [0.1, 0.15) is 36.8 Å². The number of rotatable bonds is 8. The van der Waals surface area contributed by atoms with Gasteiger partial charge >= 0.3 is 6.01 Å². The molecule has 0 spiro atoms. The first-order chi connectivity index (χ1) is 19.2. The third-order valence-corrected chi connectivity index (χ3v) is 7.48. The van der Waals surface area contributed by atoms with E-state index in [4.69, 9.17) is 38.1 Å². The molecule has 5 atom stereocenters. The van der Waals surface area contributed by atoms with Gasteiger partial charge in [0.05, 0.1) is 7.11 Å². The number of aromatic nitrogens is 3. The molecule has 4 fully saturated rings. The van der Waals surface area contributed by atoms with Gasteiger partial charge in [-0.3, -0.25) is 0 Å². The molecule has 218 valence electrons. The van der Waals surface area contributed by atoms with Crippen molar-refractivity contribution in [3.8, 4) is 11.8 Å². The Morgan fingerprint density at radius 2 is 1.57 bits per heavy atom. The van der Waals surface area contributed by atoms with Crippen molar-refractivity contribution < 1.29 is 33.2 Å². The predicted octanol–water partition coefficient (Wildman–Crippen LogP) is 3.26. The number of hydrogen-bond donors (Lipinski definition) is 1. The van der Waals surface area contributed by atoms with Crippen LogP contribution in [0.15, 0.2) is 24.3 Å². The molecule has 0 unspecified atom stereocenters. The van der Waals surface area contributed by atoms with Gasteiger partial charge in [-0.15, -0.1) is 0 Å². The third-order valence-electron chi connectivity index (χ3n) is 7.48. The number of piperidine rings is 1. The van der Waals surface area contributed by atoms with E-state index in [0.29, 0.717) is 18.4 Å². The average molecular weight is 558 g/mol. The molecule has 4 aliphatic heterocycles. The van der Waals surface area contributed by atoms with Crippen LogP contribution in [-0.2, 0) is 30.2 Å². The molecule has 4 saturated heterocycles. The average Bonchev–Trinajstić information content (AvgIpc) is 3.45. The van der Waals surface area contributed by atoms with Crippen LogP contribution in [0.4, 0.5) is 11.9 Å². The summed E-state index contributed by atoms with van der Waals surface area (Å²) in [6.07, 6.45) is 1.20. The molecule has 1 aromatic carbocycles. The fourth-order valence-electron chi connectivity index (χ4n) is 5.63. The van der Waals surface area contributed by atoms with E-state index in [1.165, 1.54) is 6.42 Å². The Bertz CT molecular complexity index is 1170. The van der Waals surface area contributed by atoms with E-state index in [0.717, 1.165) is 37.2 Å². The zero-order valence-electron chi connectivity index (χ0n) is 23.8. The molecule has 5 heterocycles. The maximum absolute atomic E-state index is 6.29. The Labute approximate surface area is 234 Å². The van der Waals surface area contributed by atoms with Gasteiger partial charge in [0, 0.05) is 19.6 Å². The van der Waals surface area contributed by atoms with E-state index in [-0.39, 0.29) is 18.7 Å². The molecule has 2 aromatic rings. The SMILES string of the molecule is COc1ccc(CNc2nc(OC[C@H]3O[C@@H]4OC(C)(C)O[C@@H]4[C@H]4OC(C)(C)O[C@H]43)nc(N3CCCCC3)n2)cc1. The number of benzene rings is 1. The molecule has 0 aliphatic carbocycles. The second-order valence-electron chi connectivity index (χ2n) is 11.5. The van der Waals surface area contributed by atoms with Gasteiger partial charge < -0.3 is 43.4 Å². The molecule has 0 bridgehead atoms. The van der Waals surface area contributed by atoms with E-state index in [1.54, 1.807) is 7.11 Å². The minimum atomic E-state index is -0.784. The van der Waals surface area contributed by atoms with Crippen LogP contribution < -0.4 is 19.7 Å². The van der Waals surface area contributed by atoms with E-state index >= 15 is 0 Å². The Morgan fingerprint density at radius 3 is 2.33 bits per heavy atom. The van der Waals surface area contributed by atoms with Gasteiger partial charge in [-0.1, -0.05) is 12.1 Å². The van der Waals surface area contributed by atoms with Crippen molar-refractivity contribution in [1.82, 2.24) is 15.0 Å². The smallest absolute Gasteiger partial charge is 0.323 e. The standard InChI is InChI=1S/C28H39N5O7/c1-27(2)37-20-19(36-23-22(21(20)38-27)39-28(3,4)40-23)16-35-26-31-24(29-15-17-9-11-18(34-5)12-10-17)30-25(32-26)33-13-7-6-8-14-33/h9-12,19-23H,6-8,13-16H2,1-5H3,(H,29,30,31,32)/t19-,20+,21+,22-,23-/m1/s1. The highest BCUT2D eigenvalue weighted by Crippen LogP contribution is 2.44. The van der Waals surface area contributed by atoms with Gasteiger partial charge in [0.25, 0.3) is 0 Å². The number of nitrogens with one attached hydrogen (secondary N) is 1. The number of anilines is 2. The summed E-state index contributed by atoms with van der Waals surface area (Å²) in [6, 6.07) is 8.08. The second-order valence-corrected chi connectivity index (χ2v) is 11.5. The number of ether oxygens (including phenoxy) is 7. The topological polar surface area (TPSA) is 119 Å². The van der Waals surface area contributed by atoms with Crippen LogP contribution in [0.1, 0.15) is 52.5 Å². The Balaban J connectivity index is 1.19. The molecule has 12 heteroatoms. The largest absolute Gasteiger partial charge is 0.497 e. The molecule has 0 saturated carbocycles. The van der Waals surface area contributed by atoms with Crippen molar-refractivity contribution in [2.24, 2.45) is 0 Å². The molecule has 0 radical (unpaired) electrons. The molecular weight excluding hydrogens is 518 g/mol. The highest BCUT2D eigenvalue weighted by atomic mass is 16.9. The molecule has 0 amide bonds. The minimum absolute atomic E-state index is 0.148. The van der Waals surface area contributed by atoms with Crippen molar-refractivity contribution >= 4 is 11.9 Å². The van der Waals surface area contributed by atoms with E-state index in [9.17, 15) is 0 Å². The first kappa shape index (κ1) is 27.4. The van der Waals surface area contributed by atoms with Crippen molar-refractivity contribution in [3.63, 3.8) is 0 Å². The van der Waals surface area contributed by atoms with Gasteiger partial charge in [-0.2, -0.15) is 15.0 Å². The molecule has 12 nitrogen and oxygen atoms in total. The van der Waals surface area contributed by atoms with Crippen LogP contribution in [0.5, 0.6) is 11.8 Å². The number of fused-ring (bicyclic) bond motifs is 3. The number of nitrogens with zero attached hydrogens (tertiary/aromatic N) is 4. The number of methoxy groups -OCH3 is 1. The fraction of sp³-hybridized carbons (Fsp3) is 0.679. The van der Waals surface area contributed by atoms with Gasteiger partial charge in [0.2, 0.25) is 11.9 Å². The van der Waals surface area contributed by atoms with Crippen LogP contribution in [0.2, 0.25) is 0 Å². The summed E-state index contributed by atoms with van der Waals surface area (Å²) in [5, 5.41) is 3.32. The maximum Gasteiger partial charge on any atom is 0.323 e. The van der Waals surface area contributed by atoms with Crippen LogP contribution in [0.25, 0.3) is 0 Å². The van der Waals surface area contributed by atoms with E-state index in [1.807, 2.05) is 52.0 Å². The highest BCUT2D eigenvalue weighted by molar-refractivity contribution is 5.39. The maximum atomic E-state index is 6.29. The monoisotopic (exact) mass is 557 g/mol. The van der Waals surface area contributed by atoms with Crippen molar-refractivity contribution in [3.05, 3.63) is 29.8 Å². The van der Waals surface area contributed by atoms with Crippen molar-refractivity contribution in [1.29, 1.82) is 0 Å². The summed E-state index contributed by atoms with van der Waals surface area (Å²) in [4.78, 5) is 16.1. The molecule has 1 aromatic heterocycles. The van der Waals surface area contributed by atoms with Crippen LogP contribution in [0.3, 0.4) is 0 Å². The third kappa shape index (κ3) is 5.96. The van der Waals surface area contributed by atoms with Crippen LogP contribution in [-0.4, -0.2) is 84.0 Å². The lowest BCUT2D eigenvalue weighted by atomic mass is 9.99. The first-order valence-electron chi connectivity index (χ1n) is 14.1. The molecule has 6 rings (SSSR count). The molecular formula is C28H39N5O7. The summed E-state index contributed by atoms with van der Waals surface area (Å²) in [5.41, 5.74) is 1.07. The summed E-state index contributed by atoms with van der Waals surface area (Å²) in [7, 11) is 1.65. The van der Waals surface area contributed by atoms with Gasteiger partial charge in [-0.25, -0.2) is 0 Å². The Hall–Kier alpha value is -2.77.